The monoisotopic (exact) mass is 351 g/mol. The van der Waals surface area contributed by atoms with Crippen LogP contribution in [0.3, 0.4) is 0 Å². The van der Waals surface area contributed by atoms with Crippen LogP contribution in [0.1, 0.15) is 17.3 Å². The largest absolute Gasteiger partial charge is 0.462 e. The van der Waals surface area contributed by atoms with Crippen LogP contribution in [-0.4, -0.2) is 12.6 Å². The molecule has 0 atom stereocenters. The second kappa shape index (κ2) is 6.81. The van der Waals surface area contributed by atoms with Crippen molar-refractivity contribution < 1.29 is 9.53 Å². The standard InChI is InChI=1S/C15H14BrNO2S/c1-2-19-15(18)12-4-3-5-13(17)14(12)20-11-8-6-10(16)7-9-11/h3-9H,2,17H2,1H3. The average Bonchev–Trinajstić information content (AvgIpc) is 2.43. The summed E-state index contributed by atoms with van der Waals surface area (Å²) in [6.07, 6.45) is 0. The predicted molar refractivity (Wildman–Crippen MR) is 85.1 cm³/mol. The van der Waals surface area contributed by atoms with Gasteiger partial charge in [0.15, 0.2) is 0 Å². The van der Waals surface area contributed by atoms with Crippen LogP contribution in [0.4, 0.5) is 5.69 Å². The van der Waals surface area contributed by atoms with E-state index in [1.165, 1.54) is 11.8 Å². The van der Waals surface area contributed by atoms with Crippen LogP contribution in [0.5, 0.6) is 0 Å². The lowest BCUT2D eigenvalue weighted by atomic mass is 10.2. The third-order valence-electron chi connectivity index (χ3n) is 2.57. The Bertz CT molecular complexity index is 614. The summed E-state index contributed by atoms with van der Waals surface area (Å²) < 4.78 is 6.07. The third-order valence-corrected chi connectivity index (χ3v) is 4.27. The van der Waals surface area contributed by atoms with Crippen LogP contribution in [0.25, 0.3) is 0 Å². The first-order chi connectivity index (χ1) is 9.61. The first kappa shape index (κ1) is 14.9. The number of halogens is 1. The van der Waals surface area contributed by atoms with Gasteiger partial charge in [-0.2, -0.15) is 0 Å². The molecule has 0 spiro atoms. The summed E-state index contributed by atoms with van der Waals surface area (Å²) >= 11 is 4.85. The molecule has 0 aliphatic rings. The van der Waals surface area contributed by atoms with E-state index in [0.717, 1.165) is 14.3 Å². The van der Waals surface area contributed by atoms with E-state index in [9.17, 15) is 4.79 Å². The smallest absolute Gasteiger partial charge is 0.339 e. The van der Waals surface area contributed by atoms with Crippen LogP contribution in [0.15, 0.2) is 56.7 Å². The van der Waals surface area contributed by atoms with Gasteiger partial charge in [-0.05, 0) is 43.3 Å². The molecule has 0 aliphatic carbocycles. The highest BCUT2D eigenvalue weighted by Crippen LogP contribution is 2.35. The normalized spacial score (nSPS) is 10.3. The third kappa shape index (κ3) is 3.55. The number of nitrogen functional groups attached to an aromatic ring is 1. The number of nitrogens with two attached hydrogens (primary N) is 1. The Labute approximate surface area is 130 Å². The molecule has 0 heterocycles. The zero-order chi connectivity index (χ0) is 14.5. The van der Waals surface area contributed by atoms with Gasteiger partial charge < -0.3 is 10.5 Å². The minimum absolute atomic E-state index is 0.343. The fraction of sp³-hybridized carbons (Fsp3) is 0.133. The van der Waals surface area contributed by atoms with E-state index in [1.54, 1.807) is 25.1 Å². The maximum atomic E-state index is 12.0. The molecule has 0 fully saturated rings. The summed E-state index contributed by atoms with van der Waals surface area (Å²) in [5.41, 5.74) is 7.07. The molecule has 0 aromatic heterocycles. The zero-order valence-corrected chi connectivity index (χ0v) is 13.3. The van der Waals surface area contributed by atoms with Gasteiger partial charge in [-0.25, -0.2) is 4.79 Å². The van der Waals surface area contributed by atoms with Crippen molar-refractivity contribution in [3.63, 3.8) is 0 Å². The molecule has 0 amide bonds. The highest BCUT2D eigenvalue weighted by molar-refractivity contribution is 9.10. The molecule has 0 bridgehead atoms. The molecule has 5 heteroatoms. The molecule has 3 nitrogen and oxygen atoms in total. The average molecular weight is 352 g/mol. The maximum Gasteiger partial charge on any atom is 0.339 e. The number of ether oxygens (including phenoxy) is 1. The van der Waals surface area contributed by atoms with E-state index < -0.39 is 0 Å². The van der Waals surface area contributed by atoms with E-state index in [4.69, 9.17) is 10.5 Å². The first-order valence-electron chi connectivity index (χ1n) is 6.11. The van der Waals surface area contributed by atoms with Crippen molar-refractivity contribution in [2.75, 3.05) is 12.3 Å². The van der Waals surface area contributed by atoms with E-state index in [1.807, 2.05) is 24.3 Å². The van der Waals surface area contributed by atoms with E-state index in [0.29, 0.717) is 17.9 Å². The number of esters is 1. The van der Waals surface area contributed by atoms with Gasteiger partial charge in [-0.1, -0.05) is 33.8 Å². The molecule has 0 unspecified atom stereocenters. The Morgan fingerprint density at radius 2 is 1.95 bits per heavy atom. The van der Waals surface area contributed by atoms with Crippen molar-refractivity contribution in [3.8, 4) is 0 Å². The molecular formula is C15H14BrNO2S. The van der Waals surface area contributed by atoms with Crippen molar-refractivity contribution in [2.45, 2.75) is 16.7 Å². The first-order valence-corrected chi connectivity index (χ1v) is 7.71. The van der Waals surface area contributed by atoms with Gasteiger partial charge in [0.25, 0.3) is 0 Å². The Kier molecular flexibility index (Phi) is 5.09. The van der Waals surface area contributed by atoms with Crippen molar-refractivity contribution in [1.29, 1.82) is 0 Å². The van der Waals surface area contributed by atoms with Crippen molar-refractivity contribution in [2.24, 2.45) is 0 Å². The lowest BCUT2D eigenvalue weighted by Crippen LogP contribution is -2.07. The van der Waals surface area contributed by atoms with Gasteiger partial charge in [0.05, 0.1) is 12.2 Å². The number of carbonyl (C=O) groups excluding carboxylic acids is 1. The van der Waals surface area contributed by atoms with Crippen molar-refractivity contribution in [1.82, 2.24) is 0 Å². The molecule has 0 saturated carbocycles. The van der Waals surface area contributed by atoms with Gasteiger partial charge in [-0.3, -0.25) is 0 Å². The molecule has 2 N–H and O–H groups in total. The molecule has 2 rings (SSSR count). The van der Waals surface area contributed by atoms with Crippen LogP contribution < -0.4 is 5.73 Å². The van der Waals surface area contributed by atoms with E-state index >= 15 is 0 Å². The summed E-state index contributed by atoms with van der Waals surface area (Å²) in [5, 5.41) is 0. The highest BCUT2D eigenvalue weighted by Gasteiger charge is 2.15. The molecule has 104 valence electrons. The van der Waals surface area contributed by atoms with Gasteiger partial charge in [-0.15, -0.1) is 0 Å². The molecule has 0 radical (unpaired) electrons. The fourth-order valence-corrected chi connectivity index (χ4v) is 2.88. The molecule has 2 aromatic rings. The van der Waals surface area contributed by atoms with E-state index in [-0.39, 0.29) is 5.97 Å². The molecule has 20 heavy (non-hydrogen) atoms. The Morgan fingerprint density at radius 1 is 1.25 bits per heavy atom. The molecule has 0 saturated heterocycles. The number of hydrogen-bond donors (Lipinski definition) is 1. The van der Waals surface area contributed by atoms with Crippen molar-refractivity contribution in [3.05, 3.63) is 52.5 Å². The second-order valence-electron chi connectivity index (χ2n) is 4.00. The summed E-state index contributed by atoms with van der Waals surface area (Å²) in [5.74, 6) is -0.348. The van der Waals surface area contributed by atoms with Crippen LogP contribution in [-0.2, 0) is 4.74 Å². The highest BCUT2D eigenvalue weighted by atomic mass is 79.9. The SMILES string of the molecule is CCOC(=O)c1cccc(N)c1Sc1ccc(Br)cc1. The summed E-state index contributed by atoms with van der Waals surface area (Å²) in [7, 11) is 0. The zero-order valence-electron chi connectivity index (χ0n) is 10.9. The van der Waals surface area contributed by atoms with Gasteiger partial charge in [0, 0.05) is 20.0 Å². The Morgan fingerprint density at radius 3 is 2.60 bits per heavy atom. The number of hydrogen-bond acceptors (Lipinski definition) is 4. The van der Waals surface area contributed by atoms with Gasteiger partial charge >= 0.3 is 5.97 Å². The quantitative estimate of drug-likeness (QED) is 0.656. The van der Waals surface area contributed by atoms with Gasteiger partial charge in [0.1, 0.15) is 0 Å². The Hall–Kier alpha value is -1.46. The molecule has 0 aliphatic heterocycles. The minimum Gasteiger partial charge on any atom is -0.462 e. The molecular weight excluding hydrogens is 338 g/mol. The predicted octanol–water partition coefficient (Wildman–Crippen LogP) is 4.36. The van der Waals surface area contributed by atoms with E-state index in [2.05, 4.69) is 15.9 Å². The maximum absolute atomic E-state index is 12.0. The lowest BCUT2D eigenvalue weighted by Gasteiger charge is -2.11. The molecule has 2 aromatic carbocycles. The Balaban J connectivity index is 2.34. The van der Waals surface area contributed by atoms with Gasteiger partial charge in [0.2, 0.25) is 0 Å². The van der Waals surface area contributed by atoms with Crippen LogP contribution in [0, 0.1) is 0 Å². The number of anilines is 1. The summed E-state index contributed by atoms with van der Waals surface area (Å²) in [6.45, 7) is 2.13. The summed E-state index contributed by atoms with van der Waals surface area (Å²) in [6, 6.07) is 13.1. The summed E-state index contributed by atoms with van der Waals surface area (Å²) in [4.78, 5) is 13.7. The topological polar surface area (TPSA) is 52.3 Å². The minimum atomic E-state index is -0.348. The number of benzene rings is 2. The number of carbonyl (C=O) groups is 1. The second-order valence-corrected chi connectivity index (χ2v) is 6.00. The van der Waals surface area contributed by atoms with Crippen molar-refractivity contribution >= 4 is 39.3 Å². The number of rotatable bonds is 4. The fourth-order valence-electron chi connectivity index (χ4n) is 1.66. The lowest BCUT2D eigenvalue weighted by molar-refractivity contribution is 0.0522. The van der Waals surface area contributed by atoms with Crippen LogP contribution in [0.2, 0.25) is 0 Å². The van der Waals surface area contributed by atoms with Crippen LogP contribution >= 0.6 is 27.7 Å².